The zero-order chi connectivity index (χ0) is 47.8. The molecule has 0 fully saturated rings. The van der Waals surface area contributed by atoms with E-state index in [0.29, 0.717) is 11.7 Å². The van der Waals surface area contributed by atoms with Crippen molar-refractivity contribution in [2.75, 3.05) is 0 Å². The van der Waals surface area contributed by atoms with E-state index in [4.69, 9.17) is 20.0 Å². The van der Waals surface area contributed by atoms with E-state index in [-0.39, 0.29) is 6.17 Å². The Kier molecular flexibility index (Phi) is 10.9. The minimum absolute atomic E-state index is 0.330. The van der Waals surface area contributed by atoms with E-state index in [0.717, 1.165) is 72.9 Å². The average Bonchev–Trinajstić information content (AvgIpc) is 3.47. The molecule has 12 aromatic rings. The van der Waals surface area contributed by atoms with Crippen LogP contribution in [0.1, 0.15) is 22.9 Å². The molecule has 0 bridgehead atoms. The number of nitrogens with zero attached hydrogens (tertiary/aromatic N) is 4. The maximum Gasteiger partial charge on any atom is 0.160 e. The number of rotatable bonds is 9. The fraction of sp³-hybridized carbons (Fsp3) is 0.0149. The van der Waals surface area contributed by atoms with Gasteiger partial charge in [0.25, 0.3) is 0 Å². The second-order valence-electron chi connectivity index (χ2n) is 18.2. The van der Waals surface area contributed by atoms with Gasteiger partial charge in [-0.05, 0) is 71.8 Å². The molecule has 1 unspecified atom stereocenters. The molecule has 338 valence electrons. The fourth-order valence-electron chi connectivity index (χ4n) is 10.2. The third kappa shape index (κ3) is 7.99. The van der Waals surface area contributed by atoms with Gasteiger partial charge in [0.2, 0.25) is 0 Å². The van der Waals surface area contributed by atoms with Gasteiger partial charge in [0.05, 0.1) is 11.4 Å². The van der Waals surface area contributed by atoms with E-state index in [9.17, 15) is 0 Å². The number of fused-ring (bicyclic) bond motifs is 3. The molecule has 5 nitrogen and oxygen atoms in total. The molecule has 1 aliphatic rings. The molecule has 1 aromatic heterocycles. The molecule has 0 aliphatic carbocycles. The molecule has 1 atom stereocenters. The molecule has 72 heavy (non-hydrogen) atoms. The Hall–Kier alpha value is -9.58. The van der Waals surface area contributed by atoms with Crippen molar-refractivity contribution in [1.82, 2.24) is 15.3 Å². The van der Waals surface area contributed by atoms with E-state index in [1.54, 1.807) is 0 Å². The van der Waals surface area contributed by atoms with Gasteiger partial charge in [-0.2, -0.15) is 0 Å². The highest BCUT2D eigenvalue weighted by Gasteiger charge is 2.24. The Bertz CT molecular complexity index is 3970. The lowest BCUT2D eigenvalue weighted by Gasteiger charge is -2.25. The highest BCUT2D eigenvalue weighted by Crippen LogP contribution is 2.46. The summed E-state index contributed by atoms with van der Waals surface area (Å²) in [4.78, 5) is 20.6. The summed E-state index contributed by atoms with van der Waals surface area (Å²) in [6, 6.07) is 92.2. The highest BCUT2D eigenvalue weighted by molar-refractivity contribution is 6.16. The topological polar surface area (TPSA) is 62.5 Å². The maximum atomic E-state index is 5.21. The number of hydrogen-bond acceptors (Lipinski definition) is 5. The molecule has 0 amide bonds. The fourth-order valence-corrected chi connectivity index (χ4v) is 10.2. The van der Waals surface area contributed by atoms with Gasteiger partial charge in [-0.3, -0.25) is 0 Å². The summed E-state index contributed by atoms with van der Waals surface area (Å²) >= 11 is 0. The normalized spacial score (nSPS) is 13.4. The molecular weight excluding hydrogens is 875 g/mol. The summed E-state index contributed by atoms with van der Waals surface area (Å²) in [5, 5.41) is 10.8. The lowest BCUT2D eigenvalue weighted by atomic mass is 9.83. The Morgan fingerprint density at radius 1 is 0.319 bits per heavy atom. The van der Waals surface area contributed by atoms with Gasteiger partial charge < -0.3 is 5.32 Å². The van der Waals surface area contributed by atoms with Crippen LogP contribution in [0, 0.1) is 0 Å². The summed E-state index contributed by atoms with van der Waals surface area (Å²) in [6.07, 6.45) is -0.330. The van der Waals surface area contributed by atoms with Crippen molar-refractivity contribution >= 4 is 44.0 Å². The minimum atomic E-state index is -0.330. The van der Waals surface area contributed by atoms with Crippen molar-refractivity contribution in [3.63, 3.8) is 0 Å². The first-order valence-electron chi connectivity index (χ1n) is 24.4. The largest absolute Gasteiger partial charge is 0.344 e. The van der Waals surface area contributed by atoms with Crippen molar-refractivity contribution in [3.8, 4) is 67.3 Å². The Morgan fingerprint density at radius 2 is 0.750 bits per heavy atom. The predicted octanol–water partition coefficient (Wildman–Crippen LogP) is 16.4. The zero-order valence-corrected chi connectivity index (χ0v) is 39.2. The van der Waals surface area contributed by atoms with Crippen LogP contribution in [0.2, 0.25) is 0 Å². The molecule has 5 heteroatoms. The molecule has 1 N–H and O–H groups in total. The van der Waals surface area contributed by atoms with E-state index in [2.05, 4.69) is 224 Å². The molecular formula is C67H45N5. The molecule has 2 heterocycles. The molecule has 11 aromatic carbocycles. The summed E-state index contributed by atoms with van der Waals surface area (Å²) in [5.41, 5.74) is 14.8. The SMILES string of the molecule is c1ccc(C2=NC(c3cccc4ccccc34)NC(c3ccc(-c4ccc5ccccc5c4-c4c(-c5ccc(-c6cc(-c7ccccc7)nc(-c7ccccc7)n6)cc5)ccc5ccccc45)cc3)=N2)cc1. The van der Waals surface area contributed by atoms with Crippen molar-refractivity contribution < 1.29 is 0 Å². The van der Waals surface area contributed by atoms with Gasteiger partial charge in [0.1, 0.15) is 12.0 Å². The molecule has 0 spiro atoms. The van der Waals surface area contributed by atoms with Gasteiger partial charge in [-0.15, -0.1) is 0 Å². The number of amidine groups is 2. The van der Waals surface area contributed by atoms with Crippen LogP contribution >= 0.6 is 0 Å². The van der Waals surface area contributed by atoms with Crippen LogP contribution in [0.25, 0.3) is 99.6 Å². The smallest absolute Gasteiger partial charge is 0.160 e. The minimum Gasteiger partial charge on any atom is -0.344 e. The summed E-state index contributed by atoms with van der Waals surface area (Å²) < 4.78 is 0. The van der Waals surface area contributed by atoms with Crippen LogP contribution in [0.15, 0.2) is 271 Å². The van der Waals surface area contributed by atoms with Crippen molar-refractivity contribution in [3.05, 3.63) is 278 Å². The van der Waals surface area contributed by atoms with Gasteiger partial charge >= 0.3 is 0 Å². The first kappa shape index (κ1) is 42.5. The quantitative estimate of drug-likeness (QED) is 0.157. The predicted molar refractivity (Wildman–Crippen MR) is 299 cm³/mol. The maximum absolute atomic E-state index is 5.21. The summed E-state index contributed by atoms with van der Waals surface area (Å²) in [5.74, 6) is 2.18. The van der Waals surface area contributed by atoms with Crippen LogP contribution in [0.3, 0.4) is 0 Å². The van der Waals surface area contributed by atoms with Crippen LogP contribution in [-0.2, 0) is 0 Å². The van der Waals surface area contributed by atoms with E-state index < -0.39 is 0 Å². The van der Waals surface area contributed by atoms with Crippen molar-refractivity contribution in [2.24, 2.45) is 9.98 Å². The standard InChI is InChI=1S/C67H45N5/c1-4-20-49(21-5-1)60-43-61(69-64(68-60)51-22-6-2-7-23-51)50-35-31-47(32-36-50)57-41-39-45-18-11-14-28-55(45)62(57)63-56-29-15-12-19-46(56)40-42-58(63)48-33-37-53(38-34-48)66-70-65(52-24-8-3-9-25-52)71-67(72-66)59-30-16-26-44-17-10-13-27-54(44)59/h1-43,67H,(H,70,71,72). The monoisotopic (exact) mass is 919 g/mol. The van der Waals surface area contributed by atoms with Crippen LogP contribution in [0.4, 0.5) is 0 Å². The second kappa shape index (κ2) is 18.4. The van der Waals surface area contributed by atoms with Gasteiger partial charge in [0.15, 0.2) is 11.7 Å². The van der Waals surface area contributed by atoms with E-state index in [1.807, 2.05) is 42.5 Å². The van der Waals surface area contributed by atoms with E-state index in [1.165, 1.54) is 43.4 Å². The Morgan fingerprint density at radius 3 is 1.32 bits per heavy atom. The van der Waals surface area contributed by atoms with Gasteiger partial charge in [-0.25, -0.2) is 20.0 Å². The lowest BCUT2D eigenvalue weighted by molar-refractivity contribution is 0.679. The molecule has 0 saturated carbocycles. The third-order valence-corrected chi connectivity index (χ3v) is 13.8. The number of aliphatic imine (C=N–C) groups is 2. The van der Waals surface area contributed by atoms with Crippen molar-refractivity contribution in [2.45, 2.75) is 6.17 Å². The number of benzene rings is 11. The van der Waals surface area contributed by atoms with Crippen molar-refractivity contribution in [1.29, 1.82) is 0 Å². The molecule has 1 aliphatic heterocycles. The Labute approximate surface area is 418 Å². The van der Waals surface area contributed by atoms with E-state index >= 15 is 0 Å². The number of aromatic nitrogens is 2. The van der Waals surface area contributed by atoms with Gasteiger partial charge in [-0.1, -0.05) is 255 Å². The lowest BCUT2D eigenvalue weighted by Crippen LogP contribution is -2.33. The number of hydrogen-bond donors (Lipinski definition) is 1. The van der Waals surface area contributed by atoms with Crippen LogP contribution < -0.4 is 5.32 Å². The first-order chi connectivity index (χ1) is 35.7. The third-order valence-electron chi connectivity index (χ3n) is 13.8. The highest BCUT2D eigenvalue weighted by atomic mass is 15.2. The molecule has 13 rings (SSSR count). The van der Waals surface area contributed by atoms with Crippen LogP contribution in [0.5, 0.6) is 0 Å². The zero-order valence-electron chi connectivity index (χ0n) is 39.2. The molecule has 0 saturated heterocycles. The van der Waals surface area contributed by atoms with Gasteiger partial charge in [0, 0.05) is 33.4 Å². The average molecular weight is 920 g/mol. The first-order valence-corrected chi connectivity index (χ1v) is 24.4. The Balaban J connectivity index is 0.919. The summed E-state index contributed by atoms with van der Waals surface area (Å²) in [7, 11) is 0. The number of nitrogens with one attached hydrogen (secondary N) is 1. The second-order valence-corrected chi connectivity index (χ2v) is 18.2. The summed E-state index contributed by atoms with van der Waals surface area (Å²) in [6.45, 7) is 0. The van der Waals surface area contributed by atoms with Crippen LogP contribution in [-0.4, -0.2) is 21.6 Å². The molecule has 0 radical (unpaired) electrons.